The fraction of sp³-hybridized carbons (Fsp3) is 0.625. The molecule has 2 amide bonds. The standard InChI is InChI=1S/C16H21BrF3N3O4/c17-13-3-2-12(27-13)15(25)21-10-14(24)23-7-5-22(6-8-23)4-1-9-26-11-16(18,19)20/h2-3H,1,4-11H2,(H,21,25). The molecule has 0 bridgehead atoms. The van der Waals surface area contributed by atoms with Crippen LogP contribution in [0.3, 0.4) is 0 Å². The molecule has 1 N–H and O–H groups in total. The molecule has 152 valence electrons. The predicted octanol–water partition coefficient (Wildman–Crippen LogP) is 1.89. The molecule has 0 aromatic carbocycles. The van der Waals surface area contributed by atoms with E-state index in [9.17, 15) is 22.8 Å². The highest BCUT2D eigenvalue weighted by atomic mass is 79.9. The van der Waals surface area contributed by atoms with Gasteiger partial charge in [-0.2, -0.15) is 13.2 Å². The van der Waals surface area contributed by atoms with Gasteiger partial charge in [0.25, 0.3) is 5.91 Å². The molecule has 1 fully saturated rings. The van der Waals surface area contributed by atoms with Crippen LogP contribution in [0.1, 0.15) is 17.0 Å². The van der Waals surface area contributed by atoms with Gasteiger partial charge in [0.15, 0.2) is 10.4 Å². The van der Waals surface area contributed by atoms with Crippen LogP contribution in [-0.4, -0.2) is 80.3 Å². The number of nitrogens with one attached hydrogen (secondary N) is 1. The van der Waals surface area contributed by atoms with Crippen molar-refractivity contribution in [2.45, 2.75) is 12.6 Å². The summed E-state index contributed by atoms with van der Waals surface area (Å²) in [6.45, 7) is 1.58. The molecule has 11 heteroatoms. The number of rotatable bonds is 8. The molecule has 1 saturated heterocycles. The lowest BCUT2D eigenvalue weighted by atomic mass is 10.3. The van der Waals surface area contributed by atoms with Crippen molar-refractivity contribution in [3.8, 4) is 0 Å². The highest BCUT2D eigenvalue weighted by molar-refractivity contribution is 9.10. The highest BCUT2D eigenvalue weighted by Gasteiger charge is 2.27. The fourth-order valence-corrected chi connectivity index (χ4v) is 2.90. The van der Waals surface area contributed by atoms with Crippen LogP contribution in [0.15, 0.2) is 21.2 Å². The molecule has 27 heavy (non-hydrogen) atoms. The molecule has 0 unspecified atom stereocenters. The maximum atomic E-state index is 12.2. The Morgan fingerprint density at radius 3 is 2.52 bits per heavy atom. The van der Waals surface area contributed by atoms with E-state index < -0.39 is 18.7 Å². The Hall–Kier alpha value is -1.59. The summed E-state index contributed by atoms with van der Waals surface area (Å²) in [7, 11) is 0. The van der Waals surface area contributed by atoms with Crippen LogP contribution in [0.5, 0.6) is 0 Å². The molecule has 1 aliphatic rings. The van der Waals surface area contributed by atoms with E-state index in [0.717, 1.165) is 0 Å². The van der Waals surface area contributed by atoms with E-state index in [0.29, 0.717) is 43.8 Å². The molecular formula is C16H21BrF3N3O4. The van der Waals surface area contributed by atoms with E-state index in [1.54, 1.807) is 11.0 Å². The smallest absolute Gasteiger partial charge is 0.411 e. The summed E-state index contributed by atoms with van der Waals surface area (Å²) in [6.07, 6.45) is -3.80. The number of carbonyl (C=O) groups is 2. The summed E-state index contributed by atoms with van der Waals surface area (Å²) in [5, 5.41) is 2.51. The molecule has 1 aromatic heterocycles. The van der Waals surface area contributed by atoms with Gasteiger partial charge in [-0.25, -0.2) is 0 Å². The zero-order valence-corrected chi connectivity index (χ0v) is 16.1. The molecule has 1 aliphatic heterocycles. The molecule has 0 radical (unpaired) electrons. The fourth-order valence-electron chi connectivity index (χ4n) is 2.59. The number of alkyl halides is 3. The first-order valence-corrected chi connectivity index (χ1v) is 9.22. The third-order valence-corrected chi connectivity index (χ3v) is 4.38. The number of furan rings is 1. The number of piperazine rings is 1. The van der Waals surface area contributed by atoms with Gasteiger partial charge in [0.05, 0.1) is 6.54 Å². The lowest BCUT2D eigenvalue weighted by molar-refractivity contribution is -0.174. The van der Waals surface area contributed by atoms with Crippen molar-refractivity contribution in [2.75, 3.05) is 52.5 Å². The lowest BCUT2D eigenvalue weighted by Gasteiger charge is -2.34. The number of ether oxygens (including phenoxy) is 1. The maximum Gasteiger partial charge on any atom is 0.411 e. The van der Waals surface area contributed by atoms with Gasteiger partial charge in [-0.1, -0.05) is 0 Å². The second kappa shape index (κ2) is 10.1. The third-order valence-electron chi connectivity index (χ3n) is 3.95. The van der Waals surface area contributed by atoms with Crippen LogP contribution in [-0.2, 0) is 9.53 Å². The summed E-state index contributed by atoms with van der Waals surface area (Å²) >= 11 is 3.10. The van der Waals surface area contributed by atoms with E-state index in [-0.39, 0.29) is 24.8 Å². The SMILES string of the molecule is O=C(NCC(=O)N1CCN(CCCOCC(F)(F)F)CC1)c1ccc(Br)o1. The van der Waals surface area contributed by atoms with Gasteiger partial charge < -0.3 is 19.4 Å². The van der Waals surface area contributed by atoms with Gasteiger partial charge in [0.2, 0.25) is 5.91 Å². The van der Waals surface area contributed by atoms with E-state index in [1.807, 2.05) is 0 Å². The van der Waals surface area contributed by atoms with Crippen LogP contribution in [0, 0.1) is 0 Å². The summed E-state index contributed by atoms with van der Waals surface area (Å²) in [5.41, 5.74) is 0. The number of amides is 2. The van der Waals surface area contributed by atoms with Crippen LogP contribution >= 0.6 is 15.9 Å². The van der Waals surface area contributed by atoms with Gasteiger partial charge in [-0.05, 0) is 34.5 Å². The first-order chi connectivity index (χ1) is 12.7. The van der Waals surface area contributed by atoms with Crippen LogP contribution in [0.4, 0.5) is 13.2 Å². The predicted molar refractivity (Wildman–Crippen MR) is 93.3 cm³/mol. The Morgan fingerprint density at radius 2 is 1.93 bits per heavy atom. The molecule has 0 saturated carbocycles. The molecule has 0 spiro atoms. The van der Waals surface area contributed by atoms with Crippen molar-refractivity contribution in [2.24, 2.45) is 0 Å². The molecule has 0 aliphatic carbocycles. The van der Waals surface area contributed by atoms with Crippen molar-refractivity contribution in [1.82, 2.24) is 15.1 Å². The second-order valence-corrected chi connectivity index (χ2v) is 6.81. The minimum absolute atomic E-state index is 0.0492. The van der Waals surface area contributed by atoms with Crippen molar-refractivity contribution in [1.29, 1.82) is 0 Å². The Kier molecular flexibility index (Phi) is 8.11. The van der Waals surface area contributed by atoms with Gasteiger partial charge in [-0.15, -0.1) is 0 Å². The van der Waals surface area contributed by atoms with Crippen LogP contribution < -0.4 is 5.32 Å². The molecule has 7 nitrogen and oxygen atoms in total. The van der Waals surface area contributed by atoms with Crippen molar-refractivity contribution < 1.29 is 31.9 Å². The van der Waals surface area contributed by atoms with Crippen molar-refractivity contribution in [3.05, 3.63) is 22.6 Å². The van der Waals surface area contributed by atoms with E-state index in [2.05, 4.69) is 30.9 Å². The minimum atomic E-state index is -4.30. The molecule has 0 atom stereocenters. The first-order valence-electron chi connectivity index (χ1n) is 8.43. The van der Waals surface area contributed by atoms with Gasteiger partial charge in [0.1, 0.15) is 6.61 Å². The summed E-state index contributed by atoms with van der Waals surface area (Å²) < 4.78 is 46.0. The number of halogens is 4. The average Bonchev–Trinajstić information content (AvgIpc) is 3.05. The Balaban J connectivity index is 1.59. The van der Waals surface area contributed by atoms with Gasteiger partial charge in [-0.3, -0.25) is 14.5 Å². The topological polar surface area (TPSA) is 75.0 Å². The Morgan fingerprint density at radius 1 is 1.22 bits per heavy atom. The summed E-state index contributed by atoms with van der Waals surface area (Å²) in [6, 6.07) is 3.09. The highest BCUT2D eigenvalue weighted by Crippen LogP contribution is 2.15. The first kappa shape index (κ1) is 21.7. The normalized spacial score (nSPS) is 15.8. The van der Waals surface area contributed by atoms with E-state index in [4.69, 9.17) is 4.42 Å². The quantitative estimate of drug-likeness (QED) is 0.605. The minimum Gasteiger partial charge on any atom is -0.444 e. The average molecular weight is 456 g/mol. The molecule has 2 rings (SSSR count). The number of carbonyl (C=O) groups excluding carboxylic acids is 2. The van der Waals surface area contributed by atoms with Gasteiger partial charge >= 0.3 is 6.18 Å². The lowest BCUT2D eigenvalue weighted by Crippen LogP contribution is -2.51. The van der Waals surface area contributed by atoms with Crippen molar-refractivity contribution >= 4 is 27.7 Å². The largest absolute Gasteiger partial charge is 0.444 e. The third kappa shape index (κ3) is 7.89. The molecule has 1 aromatic rings. The molecule has 2 heterocycles. The van der Waals surface area contributed by atoms with Crippen molar-refractivity contribution in [3.63, 3.8) is 0 Å². The number of hydrogen-bond donors (Lipinski definition) is 1. The summed E-state index contributed by atoms with van der Waals surface area (Å²) in [4.78, 5) is 27.7. The van der Waals surface area contributed by atoms with E-state index in [1.165, 1.54) is 6.07 Å². The van der Waals surface area contributed by atoms with Crippen LogP contribution in [0.25, 0.3) is 0 Å². The zero-order valence-electron chi connectivity index (χ0n) is 14.6. The summed E-state index contributed by atoms with van der Waals surface area (Å²) in [5.74, 6) is -0.541. The Labute approximate surface area is 162 Å². The number of nitrogens with zero attached hydrogens (tertiary/aromatic N) is 2. The van der Waals surface area contributed by atoms with E-state index >= 15 is 0 Å². The maximum absolute atomic E-state index is 12.2. The molecular weight excluding hydrogens is 435 g/mol. The monoisotopic (exact) mass is 455 g/mol. The Bertz CT molecular complexity index is 631. The zero-order chi connectivity index (χ0) is 19.9. The van der Waals surface area contributed by atoms with Gasteiger partial charge in [0, 0.05) is 39.3 Å². The second-order valence-electron chi connectivity index (χ2n) is 6.03. The number of hydrogen-bond acceptors (Lipinski definition) is 5. The van der Waals surface area contributed by atoms with Crippen LogP contribution in [0.2, 0.25) is 0 Å².